The minimum absolute atomic E-state index is 0.516. The first-order chi connectivity index (χ1) is 13.2. The van der Waals surface area contributed by atoms with E-state index in [0.717, 1.165) is 40.2 Å². The molecule has 1 aliphatic rings. The minimum atomic E-state index is 0.516. The fourth-order valence-corrected chi connectivity index (χ4v) is 4.94. The number of thiazole rings is 1. The van der Waals surface area contributed by atoms with E-state index in [0.29, 0.717) is 5.95 Å². The quantitative estimate of drug-likeness (QED) is 0.498. The Morgan fingerprint density at radius 1 is 1.11 bits per heavy atom. The van der Waals surface area contributed by atoms with Crippen LogP contribution in [0.5, 0.6) is 0 Å². The lowest BCUT2D eigenvalue weighted by Crippen LogP contribution is -2.29. The first-order valence-electron chi connectivity index (χ1n) is 9.10. The maximum atomic E-state index is 4.93. The molecule has 0 atom stereocenters. The van der Waals surface area contributed by atoms with Gasteiger partial charge in [0.25, 0.3) is 0 Å². The van der Waals surface area contributed by atoms with Crippen LogP contribution >= 0.6 is 22.7 Å². The highest BCUT2D eigenvalue weighted by atomic mass is 32.1. The molecular formula is C19H22N6S2. The Bertz CT molecular complexity index is 906. The van der Waals surface area contributed by atoms with Gasteiger partial charge in [-0.3, -0.25) is 0 Å². The first kappa shape index (κ1) is 18.1. The normalized spacial score (nSPS) is 14.8. The zero-order chi connectivity index (χ0) is 18.6. The van der Waals surface area contributed by atoms with Gasteiger partial charge in [0.15, 0.2) is 5.13 Å². The van der Waals surface area contributed by atoms with Crippen molar-refractivity contribution >= 4 is 40.0 Å². The van der Waals surface area contributed by atoms with E-state index >= 15 is 0 Å². The van der Waals surface area contributed by atoms with Gasteiger partial charge in [0.2, 0.25) is 5.95 Å². The van der Waals surface area contributed by atoms with Crippen LogP contribution in [0.15, 0.2) is 28.7 Å². The number of aromatic nitrogens is 3. The first-order valence-corrected chi connectivity index (χ1v) is 10.8. The number of hydrogen-bond donors (Lipinski definition) is 1. The van der Waals surface area contributed by atoms with Crippen molar-refractivity contribution in [2.75, 3.05) is 23.4 Å². The molecule has 0 saturated carbocycles. The lowest BCUT2D eigenvalue weighted by Gasteiger charge is -2.25. The number of thiophene rings is 1. The number of rotatable bonds is 5. The number of hydrogen-bond acceptors (Lipinski definition) is 8. The molecule has 0 aromatic carbocycles. The third kappa shape index (κ3) is 4.33. The van der Waals surface area contributed by atoms with E-state index in [1.54, 1.807) is 22.7 Å². The van der Waals surface area contributed by atoms with Crippen LogP contribution in [0.4, 0.5) is 11.1 Å². The summed E-state index contributed by atoms with van der Waals surface area (Å²) in [6.45, 7) is 6.07. The van der Waals surface area contributed by atoms with Gasteiger partial charge in [0.1, 0.15) is 5.69 Å². The van der Waals surface area contributed by atoms with Gasteiger partial charge in [-0.15, -0.1) is 11.3 Å². The van der Waals surface area contributed by atoms with Crippen molar-refractivity contribution in [1.29, 1.82) is 0 Å². The molecule has 3 aromatic rings. The Kier molecular flexibility index (Phi) is 5.45. The topological polar surface area (TPSA) is 66.3 Å². The monoisotopic (exact) mass is 398 g/mol. The maximum absolute atomic E-state index is 4.93. The van der Waals surface area contributed by atoms with Crippen LogP contribution in [0.3, 0.4) is 0 Å². The van der Waals surface area contributed by atoms with Gasteiger partial charge in [-0.2, -0.15) is 5.10 Å². The Morgan fingerprint density at radius 2 is 1.89 bits per heavy atom. The third-order valence-corrected chi connectivity index (χ3v) is 6.28. The van der Waals surface area contributed by atoms with Crippen LogP contribution in [0, 0.1) is 13.8 Å². The van der Waals surface area contributed by atoms with E-state index in [-0.39, 0.29) is 0 Å². The smallest absolute Gasteiger partial charge is 0.243 e. The van der Waals surface area contributed by atoms with Crippen molar-refractivity contribution in [2.45, 2.75) is 33.1 Å². The molecule has 6 nitrogen and oxygen atoms in total. The molecule has 8 heteroatoms. The number of aryl methyl sites for hydroxylation is 2. The molecule has 0 spiro atoms. The number of nitrogens with one attached hydrogen (secondary N) is 1. The molecule has 3 aromatic heterocycles. The molecule has 1 aliphatic heterocycles. The summed E-state index contributed by atoms with van der Waals surface area (Å²) in [5.41, 5.74) is 5.80. The summed E-state index contributed by atoms with van der Waals surface area (Å²) in [5.74, 6) is 0.516. The minimum Gasteiger partial charge on any atom is -0.348 e. The predicted octanol–water partition coefficient (Wildman–Crippen LogP) is 4.71. The van der Waals surface area contributed by atoms with E-state index in [2.05, 4.69) is 42.9 Å². The second-order valence-corrected chi connectivity index (χ2v) is 8.54. The van der Waals surface area contributed by atoms with Gasteiger partial charge in [0, 0.05) is 24.5 Å². The Balaban J connectivity index is 1.59. The van der Waals surface area contributed by atoms with Crippen molar-refractivity contribution in [1.82, 2.24) is 15.0 Å². The average molecular weight is 399 g/mol. The van der Waals surface area contributed by atoms with Crippen LogP contribution in [0.2, 0.25) is 0 Å². The fourth-order valence-electron chi connectivity index (χ4n) is 3.14. The summed E-state index contributed by atoms with van der Waals surface area (Å²) >= 11 is 3.40. The van der Waals surface area contributed by atoms with E-state index in [1.807, 2.05) is 26.1 Å². The highest BCUT2D eigenvalue weighted by Gasteiger charge is 2.19. The van der Waals surface area contributed by atoms with E-state index in [4.69, 9.17) is 4.98 Å². The van der Waals surface area contributed by atoms with Crippen LogP contribution in [0.25, 0.3) is 10.6 Å². The van der Waals surface area contributed by atoms with Gasteiger partial charge in [-0.05, 0) is 50.6 Å². The van der Waals surface area contributed by atoms with Crippen LogP contribution in [-0.4, -0.2) is 34.3 Å². The number of nitrogens with zero attached hydrogens (tertiary/aromatic N) is 5. The second-order valence-electron chi connectivity index (χ2n) is 6.58. The summed E-state index contributed by atoms with van der Waals surface area (Å²) in [7, 11) is 0. The highest BCUT2D eigenvalue weighted by Crippen LogP contribution is 2.35. The van der Waals surface area contributed by atoms with Crippen molar-refractivity contribution in [2.24, 2.45) is 5.10 Å². The predicted molar refractivity (Wildman–Crippen MR) is 114 cm³/mol. The molecule has 0 radical (unpaired) electrons. The van der Waals surface area contributed by atoms with Gasteiger partial charge in [-0.1, -0.05) is 17.4 Å². The van der Waals surface area contributed by atoms with Crippen molar-refractivity contribution < 1.29 is 0 Å². The second kappa shape index (κ2) is 8.14. The van der Waals surface area contributed by atoms with Gasteiger partial charge < -0.3 is 4.90 Å². The largest absolute Gasteiger partial charge is 0.348 e. The van der Waals surface area contributed by atoms with E-state index in [1.165, 1.54) is 24.1 Å². The standard InChI is InChI=1S/C19H22N6S2/c1-13-11-14(2)22-18(21-13)24-20-12-16-17(15-7-6-10-26-15)23-19(27-16)25-8-4-3-5-9-25/h6-7,10-12H,3-5,8-9H2,1-2H3,(H,21,22,24). The van der Waals surface area contributed by atoms with Crippen LogP contribution in [-0.2, 0) is 0 Å². The number of anilines is 2. The van der Waals surface area contributed by atoms with Crippen LogP contribution < -0.4 is 10.3 Å². The zero-order valence-corrected chi connectivity index (χ0v) is 17.1. The fraction of sp³-hybridized carbons (Fsp3) is 0.368. The number of hydrazone groups is 1. The molecule has 4 rings (SSSR count). The Labute approximate surface area is 167 Å². The van der Waals surface area contributed by atoms with Crippen LogP contribution in [0.1, 0.15) is 35.5 Å². The highest BCUT2D eigenvalue weighted by molar-refractivity contribution is 7.18. The van der Waals surface area contributed by atoms with Gasteiger partial charge in [-0.25, -0.2) is 20.4 Å². The summed E-state index contributed by atoms with van der Waals surface area (Å²) in [4.78, 5) is 18.3. The molecular weight excluding hydrogens is 376 g/mol. The summed E-state index contributed by atoms with van der Waals surface area (Å²) in [6.07, 6.45) is 5.63. The molecule has 27 heavy (non-hydrogen) atoms. The van der Waals surface area contributed by atoms with Gasteiger partial charge in [0.05, 0.1) is 16.0 Å². The number of piperidine rings is 1. The van der Waals surface area contributed by atoms with E-state index < -0.39 is 0 Å². The molecule has 140 valence electrons. The van der Waals surface area contributed by atoms with Crippen molar-refractivity contribution in [3.63, 3.8) is 0 Å². The molecule has 0 amide bonds. The Hall–Kier alpha value is -2.32. The molecule has 1 saturated heterocycles. The summed E-state index contributed by atoms with van der Waals surface area (Å²) < 4.78 is 0. The average Bonchev–Trinajstić information content (AvgIpc) is 3.31. The summed E-state index contributed by atoms with van der Waals surface area (Å²) in [5, 5.41) is 7.55. The van der Waals surface area contributed by atoms with Gasteiger partial charge >= 0.3 is 0 Å². The molecule has 0 bridgehead atoms. The van der Waals surface area contributed by atoms with E-state index in [9.17, 15) is 0 Å². The zero-order valence-electron chi connectivity index (χ0n) is 15.5. The molecule has 1 N–H and O–H groups in total. The maximum Gasteiger partial charge on any atom is 0.243 e. The SMILES string of the molecule is Cc1cc(C)nc(NN=Cc2sc(N3CCCCC3)nc2-c2cccs2)n1. The molecule has 0 unspecified atom stereocenters. The lowest BCUT2D eigenvalue weighted by molar-refractivity contribution is 0.577. The Morgan fingerprint density at radius 3 is 2.59 bits per heavy atom. The third-order valence-electron chi connectivity index (χ3n) is 4.35. The molecule has 1 fully saturated rings. The van der Waals surface area contributed by atoms with Crippen molar-refractivity contribution in [3.05, 3.63) is 39.8 Å². The molecule has 0 aliphatic carbocycles. The molecule has 4 heterocycles. The lowest BCUT2D eigenvalue weighted by atomic mass is 10.1. The summed E-state index contributed by atoms with van der Waals surface area (Å²) in [6, 6.07) is 6.11. The van der Waals surface area contributed by atoms with Crippen molar-refractivity contribution in [3.8, 4) is 10.6 Å².